The topological polar surface area (TPSA) is 185 Å². The first kappa shape index (κ1) is 18.0. The van der Waals surface area contributed by atoms with Crippen LogP contribution in [0.3, 0.4) is 0 Å². The summed E-state index contributed by atoms with van der Waals surface area (Å²) in [5, 5.41) is 10.3. The van der Waals surface area contributed by atoms with Crippen molar-refractivity contribution < 1.29 is 19.5 Å². The Labute approximate surface area is 143 Å². The number of carbonyl (C=O) groups is 3. The molecule has 0 spiro atoms. The van der Waals surface area contributed by atoms with Crippen LogP contribution >= 0.6 is 0 Å². The molecule has 0 radical (unpaired) electrons. The van der Waals surface area contributed by atoms with Crippen LogP contribution in [-0.2, 0) is 0 Å². The number of anilines is 2. The van der Waals surface area contributed by atoms with Gasteiger partial charge in [0.25, 0.3) is 0 Å². The minimum Gasteiger partial charge on any atom is -0.465 e. The third kappa shape index (κ3) is 3.79. The van der Waals surface area contributed by atoms with Crippen LogP contribution in [0, 0.1) is 0 Å². The van der Waals surface area contributed by atoms with Gasteiger partial charge in [-0.05, 0) is 29.7 Å². The number of benzene rings is 1. The Bertz CT molecular complexity index is 749. The van der Waals surface area contributed by atoms with Crippen LogP contribution in [0.15, 0.2) is 24.3 Å². The third-order valence-electron chi connectivity index (χ3n) is 3.82. The zero-order valence-electron chi connectivity index (χ0n) is 13.3. The van der Waals surface area contributed by atoms with E-state index in [0.29, 0.717) is 28.5 Å². The molecule has 5 amide bonds. The van der Waals surface area contributed by atoms with Gasteiger partial charge in [-0.3, -0.25) is 0 Å². The van der Waals surface area contributed by atoms with Crippen molar-refractivity contribution in [1.29, 1.82) is 0 Å². The van der Waals surface area contributed by atoms with E-state index in [-0.39, 0.29) is 17.9 Å². The fraction of sp³-hybridized carbons (Fsp3) is 0.214. The van der Waals surface area contributed by atoms with E-state index in [1.54, 1.807) is 12.1 Å². The van der Waals surface area contributed by atoms with Crippen LogP contribution < -0.4 is 33.2 Å². The lowest BCUT2D eigenvalue weighted by atomic mass is 9.98. The van der Waals surface area contributed by atoms with Crippen molar-refractivity contribution in [3.63, 3.8) is 0 Å². The van der Waals surface area contributed by atoms with Crippen LogP contribution in [0.5, 0.6) is 0 Å². The number of hydrogen-bond acceptors (Lipinski definition) is 5. The highest BCUT2D eigenvalue weighted by molar-refractivity contribution is 5.99. The monoisotopic (exact) mass is 349 g/mol. The van der Waals surface area contributed by atoms with E-state index in [9.17, 15) is 14.4 Å². The Morgan fingerprint density at radius 3 is 2.12 bits per heavy atom. The predicted molar refractivity (Wildman–Crippen MR) is 91.1 cm³/mol. The number of carboxylic acid groups (broad SMARTS) is 1. The highest BCUT2D eigenvalue weighted by Crippen LogP contribution is 2.32. The number of nitrogens with two attached hydrogens (primary N) is 4. The Morgan fingerprint density at radius 1 is 1.04 bits per heavy atom. The highest BCUT2D eigenvalue weighted by Gasteiger charge is 2.22. The first-order chi connectivity index (χ1) is 11.7. The third-order valence-corrected chi connectivity index (χ3v) is 3.82. The summed E-state index contributed by atoms with van der Waals surface area (Å²) in [5.74, 6) is 11.3. The minimum atomic E-state index is -0.992. The molecule has 0 unspecified atom stereocenters. The van der Waals surface area contributed by atoms with E-state index in [4.69, 9.17) is 28.3 Å². The van der Waals surface area contributed by atoms with Crippen molar-refractivity contribution in [2.45, 2.75) is 6.42 Å². The fourth-order valence-electron chi connectivity index (χ4n) is 2.46. The van der Waals surface area contributed by atoms with E-state index in [0.717, 1.165) is 5.57 Å². The summed E-state index contributed by atoms with van der Waals surface area (Å²) in [5.41, 5.74) is 12.1. The standard InChI is InChI=1S/C14H19N7O4/c15-12(22)20(17)10-2-1-9(7-11(10)21(18)13(16)23)8-3-5-19(6-4-8)14(24)25/h1-3,7H,4-6,17-18H2,(H2,15,22)(H2,16,23)(H,24,25). The number of hydrogen-bond donors (Lipinski definition) is 5. The zero-order chi connectivity index (χ0) is 18.7. The van der Waals surface area contributed by atoms with Crippen LogP contribution in [0.4, 0.5) is 25.8 Å². The van der Waals surface area contributed by atoms with E-state index in [2.05, 4.69) is 0 Å². The first-order valence-corrected chi connectivity index (χ1v) is 7.22. The highest BCUT2D eigenvalue weighted by atomic mass is 16.4. The summed E-state index contributed by atoms with van der Waals surface area (Å²) < 4.78 is 0. The molecule has 0 saturated carbocycles. The van der Waals surface area contributed by atoms with Gasteiger partial charge in [-0.2, -0.15) is 0 Å². The number of amides is 5. The van der Waals surface area contributed by atoms with E-state index < -0.39 is 18.2 Å². The Kier molecular flexibility index (Phi) is 5.10. The van der Waals surface area contributed by atoms with Crippen molar-refractivity contribution in [2.24, 2.45) is 23.2 Å². The second kappa shape index (κ2) is 7.07. The molecule has 0 atom stereocenters. The van der Waals surface area contributed by atoms with Crippen molar-refractivity contribution in [1.82, 2.24) is 4.90 Å². The summed E-state index contributed by atoms with van der Waals surface area (Å²) in [6.07, 6.45) is 1.25. The van der Waals surface area contributed by atoms with Gasteiger partial charge >= 0.3 is 18.2 Å². The molecular weight excluding hydrogens is 330 g/mol. The summed E-state index contributed by atoms with van der Waals surface area (Å²) in [4.78, 5) is 34.9. The van der Waals surface area contributed by atoms with Crippen molar-refractivity contribution in [3.8, 4) is 0 Å². The molecule has 2 rings (SSSR count). The molecule has 9 N–H and O–H groups in total. The quantitative estimate of drug-likeness (QED) is 0.289. The Hall–Kier alpha value is -3.31. The lowest BCUT2D eigenvalue weighted by molar-refractivity contribution is 0.150. The Balaban J connectivity index is 2.42. The summed E-state index contributed by atoms with van der Waals surface area (Å²) >= 11 is 0. The largest absolute Gasteiger partial charge is 0.465 e. The maximum absolute atomic E-state index is 11.4. The summed E-state index contributed by atoms with van der Waals surface area (Å²) in [7, 11) is 0. The average Bonchev–Trinajstić information content (AvgIpc) is 2.59. The molecule has 0 fully saturated rings. The molecule has 0 aliphatic carbocycles. The molecule has 1 aromatic carbocycles. The first-order valence-electron chi connectivity index (χ1n) is 7.22. The molecule has 1 aliphatic rings. The lowest BCUT2D eigenvalue weighted by Gasteiger charge is -2.26. The van der Waals surface area contributed by atoms with E-state index >= 15 is 0 Å². The molecule has 1 heterocycles. The number of primary amides is 2. The molecule has 1 aromatic rings. The average molecular weight is 349 g/mol. The number of rotatable bonds is 3. The van der Waals surface area contributed by atoms with Gasteiger partial charge in [0, 0.05) is 13.1 Å². The molecular formula is C14H19N7O4. The lowest BCUT2D eigenvalue weighted by Crippen LogP contribution is -2.46. The van der Waals surface area contributed by atoms with Crippen LogP contribution in [0.25, 0.3) is 5.57 Å². The van der Waals surface area contributed by atoms with Gasteiger partial charge < -0.3 is 21.5 Å². The molecule has 0 bridgehead atoms. The summed E-state index contributed by atoms with van der Waals surface area (Å²) in [6.45, 7) is 0.582. The van der Waals surface area contributed by atoms with Gasteiger partial charge in [0.1, 0.15) is 0 Å². The maximum Gasteiger partial charge on any atom is 0.407 e. The van der Waals surface area contributed by atoms with Gasteiger partial charge in [-0.25, -0.2) is 36.1 Å². The molecule has 1 aliphatic heterocycles. The van der Waals surface area contributed by atoms with Crippen LogP contribution in [0.1, 0.15) is 12.0 Å². The molecule has 11 nitrogen and oxygen atoms in total. The smallest absolute Gasteiger partial charge is 0.407 e. The number of hydrazine groups is 2. The predicted octanol–water partition coefficient (Wildman–Crippen LogP) is -0.0287. The fourth-order valence-corrected chi connectivity index (χ4v) is 2.46. The number of urea groups is 2. The number of nitrogens with zero attached hydrogens (tertiary/aromatic N) is 3. The molecule has 11 heteroatoms. The normalized spacial score (nSPS) is 13.8. The zero-order valence-corrected chi connectivity index (χ0v) is 13.3. The van der Waals surface area contributed by atoms with Crippen molar-refractivity contribution in [3.05, 3.63) is 29.8 Å². The molecule has 25 heavy (non-hydrogen) atoms. The van der Waals surface area contributed by atoms with E-state index in [1.807, 2.05) is 0 Å². The second-order valence-corrected chi connectivity index (χ2v) is 5.33. The molecule has 134 valence electrons. The van der Waals surface area contributed by atoms with Gasteiger partial charge in [0.05, 0.1) is 11.4 Å². The molecule has 0 saturated heterocycles. The summed E-state index contributed by atoms with van der Waals surface area (Å²) in [6, 6.07) is 2.78. The maximum atomic E-state index is 11.4. The Morgan fingerprint density at radius 2 is 1.64 bits per heavy atom. The van der Waals surface area contributed by atoms with Crippen molar-refractivity contribution in [2.75, 3.05) is 23.1 Å². The van der Waals surface area contributed by atoms with Crippen LogP contribution in [-0.4, -0.2) is 41.3 Å². The van der Waals surface area contributed by atoms with Gasteiger partial charge in [0.15, 0.2) is 0 Å². The van der Waals surface area contributed by atoms with Crippen LogP contribution in [0.2, 0.25) is 0 Å². The van der Waals surface area contributed by atoms with Crippen molar-refractivity contribution >= 4 is 35.1 Å². The van der Waals surface area contributed by atoms with Gasteiger partial charge in [-0.15, -0.1) is 0 Å². The molecule has 0 aromatic heterocycles. The van der Waals surface area contributed by atoms with Gasteiger partial charge in [0.2, 0.25) is 0 Å². The minimum absolute atomic E-state index is 0.0906. The SMILES string of the molecule is NC(=O)N(N)c1ccc(C2=CCN(C(=O)O)CC2)cc1N(N)C(N)=O. The van der Waals surface area contributed by atoms with Gasteiger partial charge in [-0.1, -0.05) is 12.1 Å². The van der Waals surface area contributed by atoms with E-state index in [1.165, 1.54) is 17.0 Å². The number of carbonyl (C=O) groups excluding carboxylic acids is 2. The second-order valence-electron chi connectivity index (χ2n) is 5.33.